The highest BCUT2D eigenvalue weighted by Gasteiger charge is 1.99. The number of unbranched alkanes of at least 4 members (excludes halogenated alkanes) is 4. The van der Waals surface area contributed by atoms with Gasteiger partial charge in [-0.25, -0.2) is 0 Å². The summed E-state index contributed by atoms with van der Waals surface area (Å²) < 4.78 is 1.32. The molecule has 0 aromatic carbocycles. The van der Waals surface area contributed by atoms with Crippen molar-refractivity contribution in [3.8, 4) is 0 Å². The van der Waals surface area contributed by atoms with Gasteiger partial charge in [-0.2, -0.15) is 0 Å². The van der Waals surface area contributed by atoms with Crippen LogP contribution in [0.15, 0.2) is 15.2 Å². The van der Waals surface area contributed by atoms with Crippen LogP contribution in [-0.2, 0) is 6.42 Å². The summed E-state index contributed by atoms with van der Waals surface area (Å²) in [6, 6.07) is 2.23. The normalized spacial score (nSPS) is 10.6. The Balaban J connectivity index is 2.10. The fraction of sp³-hybridized carbons (Fsp3) is 0.636. The van der Waals surface area contributed by atoms with Crippen molar-refractivity contribution >= 4 is 27.3 Å². The van der Waals surface area contributed by atoms with Gasteiger partial charge in [0.1, 0.15) is 0 Å². The van der Waals surface area contributed by atoms with E-state index in [0.717, 1.165) is 0 Å². The molecule has 13 heavy (non-hydrogen) atoms. The maximum absolute atomic E-state index is 3.57. The Morgan fingerprint density at radius 3 is 2.62 bits per heavy atom. The van der Waals surface area contributed by atoms with E-state index in [1.165, 1.54) is 47.9 Å². The fourth-order valence-electron chi connectivity index (χ4n) is 1.42. The highest BCUT2D eigenvalue weighted by molar-refractivity contribution is 9.11. The first-order valence-corrected chi connectivity index (χ1v) is 6.73. The largest absolute Gasteiger partial charge is 0.137 e. The predicted molar refractivity (Wildman–Crippen MR) is 64.5 cm³/mol. The molecule has 0 spiro atoms. The summed E-state index contributed by atoms with van der Waals surface area (Å²) in [6.45, 7) is 2.26. The van der Waals surface area contributed by atoms with Gasteiger partial charge in [0.05, 0.1) is 3.79 Å². The lowest BCUT2D eigenvalue weighted by atomic mass is 10.1. The molecule has 0 atom stereocenters. The Hall–Kier alpha value is 0.180. The van der Waals surface area contributed by atoms with E-state index in [0.29, 0.717) is 0 Å². The van der Waals surface area contributed by atoms with Crippen LogP contribution in [0.25, 0.3) is 0 Å². The lowest BCUT2D eigenvalue weighted by molar-refractivity contribution is 0.632. The molecule has 0 radical (unpaired) electrons. The summed E-state index contributed by atoms with van der Waals surface area (Å²) in [7, 11) is 0. The van der Waals surface area contributed by atoms with Gasteiger partial charge in [0.2, 0.25) is 0 Å². The second-order valence-electron chi connectivity index (χ2n) is 3.38. The average Bonchev–Trinajstić information content (AvgIpc) is 2.52. The first-order chi connectivity index (χ1) is 6.34. The van der Waals surface area contributed by atoms with E-state index in [2.05, 4.69) is 34.3 Å². The molecule has 0 aliphatic rings. The topological polar surface area (TPSA) is 0 Å². The van der Waals surface area contributed by atoms with Gasteiger partial charge in [-0.1, -0.05) is 32.6 Å². The molecule has 0 nitrogen and oxygen atoms in total. The molecule has 1 heterocycles. The Kier molecular flexibility index (Phi) is 5.72. The first-order valence-electron chi connectivity index (χ1n) is 5.06. The van der Waals surface area contributed by atoms with E-state index >= 15 is 0 Å². The second kappa shape index (κ2) is 6.61. The fourth-order valence-corrected chi connectivity index (χ4v) is 2.75. The second-order valence-corrected chi connectivity index (χ2v) is 5.62. The third-order valence-electron chi connectivity index (χ3n) is 2.24. The smallest absolute Gasteiger partial charge is 0.0730 e. The summed E-state index contributed by atoms with van der Waals surface area (Å²) in [5.74, 6) is 0. The van der Waals surface area contributed by atoms with Crippen LogP contribution in [0.1, 0.15) is 44.6 Å². The van der Waals surface area contributed by atoms with Gasteiger partial charge in [0.25, 0.3) is 0 Å². The number of rotatable bonds is 6. The van der Waals surface area contributed by atoms with Gasteiger partial charge in [0, 0.05) is 0 Å². The Labute approximate surface area is 93.5 Å². The Morgan fingerprint density at radius 1 is 1.23 bits per heavy atom. The molecule has 0 aliphatic heterocycles. The van der Waals surface area contributed by atoms with E-state index in [-0.39, 0.29) is 0 Å². The number of aryl methyl sites for hydroxylation is 1. The van der Waals surface area contributed by atoms with Crippen molar-refractivity contribution in [2.45, 2.75) is 45.4 Å². The first kappa shape index (κ1) is 11.3. The van der Waals surface area contributed by atoms with Crippen LogP contribution >= 0.6 is 27.3 Å². The van der Waals surface area contributed by atoms with E-state index in [4.69, 9.17) is 0 Å². The van der Waals surface area contributed by atoms with E-state index < -0.39 is 0 Å². The highest BCUT2D eigenvalue weighted by Crippen LogP contribution is 2.25. The van der Waals surface area contributed by atoms with Gasteiger partial charge in [-0.05, 0) is 45.8 Å². The molecule has 0 amide bonds. The van der Waals surface area contributed by atoms with Crippen LogP contribution in [0, 0.1) is 0 Å². The molecule has 0 fully saturated rings. The summed E-state index contributed by atoms with van der Waals surface area (Å²) in [6.07, 6.45) is 8.10. The van der Waals surface area contributed by atoms with Crippen LogP contribution in [-0.4, -0.2) is 0 Å². The highest BCUT2D eigenvalue weighted by atomic mass is 79.9. The molecule has 1 aromatic heterocycles. The molecular formula is C11H17BrS. The molecule has 0 unspecified atom stereocenters. The number of hydrogen-bond donors (Lipinski definition) is 0. The molecule has 1 aromatic rings. The summed E-state index contributed by atoms with van der Waals surface area (Å²) >= 11 is 5.36. The van der Waals surface area contributed by atoms with Crippen molar-refractivity contribution in [1.82, 2.24) is 0 Å². The standard InChI is InChI=1S/C11H17BrS/c1-2-3-4-5-6-7-10-8-9-13-11(10)12/h8-9H,2-7H2,1H3. The summed E-state index contributed by atoms with van der Waals surface area (Å²) in [5.41, 5.74) is 1.49. The SMILES string of the molecule is CCCCCCCc1ccsc1Br. The predicted octanol–water partition coefficient (Wildman–Crippen LogP) is 5.02. The molecular weight excluding hydrogens is 244 g/mol. The minimum absolute atomic E-state index is 1.24. The average molecular weight is 261 g/mol. The van der Waals surface area contributed by atoms with Crippen LogP contribution in [0.2, 0.25) is 0 Å². The van der Waals surface area contributed by atoms with Gasteiger partial charge >= 0.3 is 0 Å². The summed E-state index contributed by atoms with van der Waals surface area (Å²) in [5, 5.41) is 2.16. The third kappa shape index (κ3) is 4.28. The van der Waals surface area contributed by atoms with Gasteiger partial charge in [-0.15, -0.1) is 11.3 Å². The molecule has 0 saturated carbocycles. The van der Waals surface area contributed by atoms with E-state index in [1.807, 2.05) is 0 Å². The zero-order valence-corrected chi connectivity index (χ0v) is 10.6. The number of thiophene rings is 1. The zero-order valence-electron chi connectivity index (χ0n) is 8.18. The van der Waals surface area contributed by atoms with E-state index in [9.17, 15) is 0 Å². The molecule has 0 N–H and O–H groups in total. The molecule has 2 heteroatoms. The van der Waals surface area contributed by atoms with Crippen LogP contribution in [0.4, 0.5) is 0 Å². The van der Waals surface area contributed by atoms with Crippen molar-refractivity contribution in [2.75, 3.05) is 0 Å². The molecule has 0 saturated heterocycles. The maximum Gasteiger partial charge on any atom is 0.0730 e. The van der Waals surface area contributed by atoms with Crippen molar-refractivity contribution < 1.29 is 0 Å². The quantitative estimate of drug-likeness (QED) is 0.630. The summed E-state index contributed by atoms with van der Waals surface area (Å²) in [4.78, 5) is 0. The van der Waals surface area contributed by atoms with Crippen LogP contribution < -0.4 is 0 Å². The van der Waals surface area contributed by atoms with Crippen molar-refractivity contribution in [3.63, 3.8) is 0 Å². The van der Waals surface area contributed by atoms with Gasteiger partial charge in [0.15, 0.2) is 0 Å². The minimum Gasteiger partial charge on any atom is -0.137 e. The lowest BCUT2D eigenvalue weighted by Gasteiger charge is -1.99. The molecule has 0 bridgehead atoms. The zero-order chi connectivity index (χ0) is 9.52. The number of hydrogen-bond acceptors (Lipinski definition) is 1. The molecule has 74 valence electrons. The van der Waals surface area contributed by atoms with Gasteiger partial charge in [-0.3, -0.25) is 0 Å². The minimum atomic E-state index is 1.24. The van der Waals surface area contributed by atoms with E-state index in [1.54, 1.807) is 11.3 Å². The molecule has 1 rings (SSSR count). The Morgan fingerprint density at radius 2 is 2.00 bits per heavy atom. The molecule has 0 aliphatic carbocycles. The monoisotopic (exact) mass is 260 g/mol. The van der Waals surface area contributed by atoms with Crippen molar-refractivity contribution in [1.29, 1.82) is 0 Å². The van der Waals surface area contributed by atoms with Gasteiger partial charge < -0.3 is 0 Å². The number of halogens is 1. The van der Waals surface area contributed by atoms with Crippen LogP contribution in [0.5, 0.6) is 0 Å². The Bertz CT molecular complexity index is 230. The van der Waals surface area contributed by atoms with Crippen molar-refractivity contribution in [3.05, 3.63) is 20.8 Å². The lowest BCUT2D eigenvalue weighted by Crippen LogP contribution is -1.83. The van der Waals surface area contributed by atoms with Crippen molar-refractivity contribution in [2.24, 2.45) is 0 Å². The maximum atomic E-state index is 3.57. The van der Waals surface area contributed by atoms with Crippen LogP contribution in [0.3, 0.4) is 0 Å². The third-order valence-corrected chi connectivity index (χ3v) is 4.05.